The summed E-state index contributed by atoms with van der Waals surface area (Å²) < 4.78 is 41.8. The molecular weight excluding hydrogens is 423 g/mol. The van der Waals surface area contributed by atoms with Crippen LogP contribution in [0.15, 0.2) is 48.0 Å². The van der Waals surface area contributed by atoms with Crippen molar-refractivity contribution in [1.29, 1.82) is 0 Å². The van der Waals surface area contributed by atoms with Crippen LogP contribution in [0.2, 0.25) is 5.02 Å². The molecule has 9 nitrogen and oxygen atoms in total. The number of aryl methyl sites for hydroxylation is 1. The third kappa shape index (κ3) is 5.13. The fraction of sp³-hybridized carbons (Fsp3) is 0.176. The maximum absolute atomic E-state index is 13.2. The van der Waals surface area contributed by atoms with Crippen molar-refractivity contribution < 1.29 is 17.6 Å². The average molecular weight is 439 g/mol. The first-order valence-electron chi connectivity index (χ1n) is 8.25. The lowest BCUT2D eigenvalue weighted by Gasteiger charge is -2.08. The summed E-state index contributed by atoms with van der Waals surface area (Å²) in [7, 11) is -2.11. The molecule has 0 aliphatic heterocycles. The van der Waals surface area contributed by atoms with Gasteiger partial charge in [0.1, 0.15) is 11.5 Å². The highest BCUT2D eigenvalue weighted by atomic mass is 35.5. The van der Waals surface area contributed by atoms with E-state index in [4.69, 9.17) is 11.6 Å². The van der Waals surface area contributed by atoms with E-state index in [-0.39, 0.29) is 28.7 Å². The number of amides is 1. The van der Waals surface area contributed by atoms with Crippen LogP contribution in [0.1, 0.15) is 21.9 Å². The van der Waals surface area contributed by atoms with E-state index in [1.165, 1.54) is 12.4 Å². The van der Waals surface area contributed by atoms with Crippen LogP contribution < -0.4 is 10.0 Å². The molecule has 0 radical (unpaired) electrons. The molecule has 3 aromatic rings. The molecule has 0 saturated heterocycles. The van der Waals surface area contributed by atoms with Crippen LogP contribution in [0.4, 0.5) is 4.39 Å². The number of nitrogens with one attached hydrogen (secondary N) is 2. The van der Waals surface area contributed by atoms with Crippen molar-refractivity contribution in [1.82, 2.24) is 29.6 Å². The lowest BCUT2D eigenvalue weighted by molar-refractivity contribution is 0.0944. The SMILES string of the molecule is Cn1cncc1CNC(=O)c1cnc(CNS(=O)(=O)c2ccc(F)c(Cl)c2)cn1. The average Bonchev–Trinajstić information content (AvgIpc) is 3.12. The predicted molar refractivity (Wildman–Crippen MR) is 102 cm³/mol. The lowest BCUT2D eigenvalue weighted by atomic mass is 10.3. The van der Waals surface area contributed by atoms with Gasteiger partial charge in [-0.05, 0) is 18.2 Å². The third-order valence-corrected chi connectivity index (χ3v) is 5.62. The van der Waals surface area contributed by atoms with E-state index in [9.17, 15) is 17.6 Å². The molecule has 3 rings (SSSR count). The molecular formula is C17H16ClFN6O3S. The summed E-state index contributed by atoms with van der Waals surface area (Å²) in [5, 5.41) is 2.40. The van der Waals surface area contributed by atoms with E-state index in [0.717, 1.165) is 23.9 Å². The van der Waals surface area contributed by atoms with Crippen molar-refractivity contribution in [3.05, 3.63) is 71.0 Å². The first-order chi connectivity index (χ1) is 13.8. The van der Waals surface area contributed by atoms with Gasteiger partial charge in [0.15, 0.2) is 0 Å². The summed E-state index contributed by atoms with van der Waals surface area (Å²) in [6, 6.07) is 3.08. The number of rotatable bonds is 7. The minimum atomic E-state index is -3.92. The van der Waals surface area contributed by atoms with Crippen molar-refractivity contribution >= 4 is 27.5 Å². The first kappa shape index (κ1) is 20.8. The number of halogens is 2. The Bertz CT molecular complexity index is 1130. The molecule has 0 aliphatic rings. The van der Waals surface area contributed by atoms with Gasteiger partial charge in [-0.2, -0.15) is 0 Å². The first-order valence-corrected chi connectivity index (χ1v) is 10.1. The smallest absolute Gasteiger partial charge is 0.271 e. The molecule has 0 aliphatic carbocycles. The molecule has 2 N–H and O–H groups in total. The Morgan fingerprint density at radius 2 is 2.00 bits per heavy atom. The van der Waals surface area contributed by atoms with Crippen molar-refractivity contribution in [2.75, 3.05) is 0 Å². The predicted octanol–water partition coefficient (Wildman–Crippen LogP) is 1.41. The standard InChI is InChI=1S/C17H16ClFN6O3S/c1-25-10-20-7-12(25)8-23-17(26)16-9-21-11(5-22-16)6-24-29(27,28)13-2-3-15(19)14(18)4-13/h2-5,7,9-10,24H,6,8H2,1H3,(H,23,26). The molecule has 1 aromatic carbocycles. The van der Waals surface area contributed by atoms with E-state index >= 15 is 0 Å². The number of carbonyl (C=O) groups is 1. The molecule has 1 amide bonds. The van der Waals surface area contributed by atoms with E-state index < -0.39 is 21.7 Å². The van der Waals surface area contributed by atoms with Gasteiger partial charge in [-0.3, -0.25) is 9.78 Å². The van der Waals surface area contributed by atoms with Crippen LogP contribution in [0, 0.1) is 5.82 Å². The summed E-state index contributed by atoms with van der Waals surface area (Å²) in [5.41, 5.74) is 1.20. The van der Waals surface area contributed by atoms with Gasteiger partial charge in [0.25, 0.3) is 5.91 Å². The summed E-state index contributed by atoms with van der Waals surface area (Å²) in [4.78, 5) is 23.9. The maximum Gasteiger partial charge on any atom is 0.271 e. The summed E-state index contributed by atoms with van der Waals surface area (Å²) in [6.45, 7) is 0.111. The number of carbonyl (C=O) groups excluding carboxylic acids is 1. The molecule has 0 bridgehead atoms. The summed E-state index contributed by atoms with van der Waals surface area (Å²) in [6.07, 6.45) is 5.79. The normalized spacial score (nSPS) is 11.4. The highest BCUT2D eigenvalue weighted by molar-refractivity contribution is 7.89. The van der Waals surface area contributed by atoms with Gasteiger partial charge in [0.05, 0.1) is 53.1 Å². The topological polar surface area (TPSA) is 119 Å². The Morgan fingerprint density at radius 1 is 1.21 bits per heavy atom. The number of hydrogen-bond acceptors (Lipinski definition) is 6. The number of nitrogens with zero attached hydrogens (tertiary/aromatic N) is 4. The molecule has 0 atom stereocenters. The summed E-state index contributed by atoms with van der Waals surface area (Å²) >= 11 is 5.62. The minimum absolute atomic E-state index is 0.0871. The van der Waals surface area contributed by atoms with Crippen LogP contribution in [0.3, 0.4) is 0 Å². The highest BCUT2D eigenvalue weighted by Gasteiger charge is 2.16. The number of sulfonamides is 1. The van der Waals surface area contributed by atoms with Crippen molar-refractivity contribution in [3.8, 4) is 0 Å². The zero-order valence-electron chi connectivity index (χ0n) is 15.1. The molecule has 0 spiro atoms. The second kappa shape index (κ2) is 8.64. The monoisotopic (exact) mass is 438 g/mol. The van der Waals surface area contributed by atoms with Gasteiger partial charge >= 0.3 is 0 Å². The molecule has 12 heteroatoms. The van der Waals surface area contributed by atoms with Gasteiger partial charge in [-0.15, -0.1) is 0 Å². The molecule has 0 saturated carbocycles. The van der Waals surface area contributed by atoms with Crippen LogP contribution in [-0.4, -0.2) is 33.8 Å². The fourth-order valence-corrected chi connectivity index (χ4v) is 3.55. The zero-order chi connectivity index (χ0) is 21.0. The van der Waals surface area contributed by atoms with Crippen molar-refractivity contribution in [2.45, 2.75) is 18.0 Å². The number of hydrogen-bond donors (Lipinski definition) is 2. The fourth-order valence-electron chi connectivity index (χ4n) is 2.28. The largest absolute Gasteiger partial charge is 0.345 e. The van der Waals surface area contributed by atoms with Crippen LogP contribution in [0.25, 0.3) is 0 Å². The Morgan fingerprint density at radius 3 is 2.62 bits per heavy atom. The van der Waals surface area contributed by atoms with E-state index in [0.29, 0.717) is 5.69 Å². The Balaban J connectivity index is 1.59. The third-order valence-electron chi connectivity index (χ3n) is 3.93. The molecule has 2 aromatic heterocycles. The van der Waals surface area contributed by atoms with Gasteiger partial charge in [-0.25, -0.2) is 27.5 Å². The van der Waals surface area contributed by atoms with E-state index in [1.54, 1.807) is 17.1 Å². The second-order valence-corrected chi connectivity index (χ2v) is 8.15. The van der Waals surface area contributed by atoms with Crippen LogP contribution >= 0.6 is 11.6 Å². The van der Waals surface area contributed by atoms with Gasteiger partial charge in [-0.1, -0.05) is 11.6 Å². The van der Waals surface area contributed by atoms with Gasteiger partial charge in [0, 0.05) is 13.2 Å². The number of imidazole rings is 1. The Labute approximate surface area is 171 Å². The molecule has 0 fully saturated rings. The van der Waals surface area contributed by atoms with Gasteiger partial charge < -0.3 is 9.88 Å². The lowest BCUT2D eigenvalue weighted by Crippen LogP contribution is -2.26. The molecule has 2 heterocycles. The molecule has 152 valence electrons. The zero-order valence-corrected chi connectivity index (χ0v) is 16.7. The second-order valence-electron chi connectivity index (χ2n) is 5.97. The highest BCUT2D eigenvalue weighted by Crippen LogP contribution is 2.19. The van der Waals surface area contributed by atoms with Crippen molar-refractivity contribution in [2.24, 2.45) is 7.05 Å². The van der Waals surface area contributed by atoms with E-state index in [1.807, 2.05) is 7.05 Å². The maximum atomic E-state index is 13.2. The summed E-state index contributed by atoms with van der Waals surface area (Å²) in [5.74, 6) is -1.14. The number of aromatic nitrogens is 4. The molecule has 0 unspecified atom stereocenters. The van der Waals surface area contributed by atoms with Crippen molar-refractivity contribution in [3.63, 3.8) is 0 Å². The molecule has 29 heavy (non-hydrogen) atoms. The van der Waals surface area contributed by atoms with Crippen LogP contribution in [-0.2, 0) is 30.2 Å². The van der Waals surface area contributed by atoms with Crippen LogP contribution in [0.5, 0.6) is 0 Å². The van der Waals surface area contributed by atoms with E-state index in [2.05, 4.69) is 25.0 Å². The Hall–Kier alpha value is -2.89. The number of benzene rings is 1. The van der Waals surface area contributed by atoms with Gasteiger partial charge in [0.2, 0.25) is 10.0 Å². The quantitative estimate of drug-likeness (QED) is 0.575. The minimum Gasteiger partial charge on any atom is -0.345 e. The Kier molecular flexibility index (Phi) is 6.20.